The Morgan fingerprint density at radius 1 is 1.50 bits per heavy atom. The third-order valence-corrected chi connectivity index (χ3v) is 3.56. The van der Waals surface area contributed by atoms with E-state index in [4.69, 9.17) is 9.47 Å². The van der Waals surface area contributed by atoms with Crippen LogP contribution < -0.4 is 10.1 Å². The van der Waals surface area contributed by atoms with E-state index in [1.54, 1.807) is 6.20 Å². The fourth-order valence-corrected chi connectivity index (χ4v) is 2.41. The summed E-state index contributed by atoms with van der Waals surface area (Å²) in [5.41, 5.74) is 1.13. The highest BCUT2D eigenvalue weighted by Gasteiger charge is 2.18. The van der Waals surface area contributed by atoms with Crippen LogP contribution in [0.5, 0.6) is 5.88 Å². The lowest BCUT2D eigenvalue weighted by Crippen LogP contribution is -2.35. The van der Waals surface area contributed by atoms with E-state index >= 15 is 0 Å². The molecule has 1 fully saturated rings. The van der Waals surface area contributed by atoms with Gasteiger partial charge < -0.3 is 14.8 Å². The third-order valence-electron chi connectivity index (χ3n) is 3.13. The van der Waals surface area contributed by atoms with Crippen molar-refractivity contribution in [3.05, 3.63) is 22.3 Å². The summed E-state index contributed by atoms with van der Waals surface area (Å²) in [6.45, 7) is 8.59. The molecule has 0 aliphatic carbocycles. The molecule has 1 atom stereocenters. The molecule has 0 aromatic carbocycles. The number of halogens is 1. The maximum absolute atomic E-state index is 5.84. The lowest BCUT2D eigenvalue weighted by atomic mass is 10.1. The standard InChI is InChI=1S/C15H23BrN2O2/c1-15(2,3)18-8-11-7-12(16)9-17-14(11)20-10-13-5-4-6-19-13/h7,9,13,18H,4-6,8,10H2,1-3H3. The first-order chi connectivity index (χ1) is 9.44. The van der Waals surface area contributed by atoms with E-state index in [9.17, 15) is 0 Å². The lowest BCUT2D eigenvalue weighted by molar-refractivity contribution is 0.0658. The average molecular weight is 343 g/mol. The maximum atomic E-state index is 5.84. The van der Waals surface area contributed by atoms with Crippen molar-refractivity contribution in [1.29, 1.82) is 0 Å². The fourth-order valence-electron chi connectivity index (χ4n) is 2.03. The average Bonchev–Trinajstić information content (AvgIpc) is 2.87. The summed E-state index contributed by atoms with van der Waals surface area (Å²) in [5, 5.41) is 3.46. The summed E-state index contributed by atoms with van der Waals surface area (Å²) in [7, 11) is 0. The van der Waals surface area contributed by atoms with Gasteiger partial charge in [0.2, 0.25) is 5.88 Å². The molecule has 1 N–H and O–H groups in total. The van der Waals surface area contributed by atoms with Crippen molar-refractivity contribution in [3.63, 3.8) is 0 Å². The second kappa shape index (κ2) is 6.87. The zero-order chi connectivity index (χ0) is 14.6. The molecule has 2 heterocycles. The Morgan fingerprint density at radius 3 is 2.95 bits per heavy atom. The van der Waals surface area contributed by atoms with Gasteiger partial charge in [-0.2, -0.15) is 0 Å². The van der Waals surface area contributed by atoms with Crippen LogP contribution in [-0.4, -0.2) is 29.8 Å². The van der Waals surface area contributed by atoms with Crippen molar-refractivity contribution in [2.24, 2.45) is 0 Å². The van der Waals surface area contributed by atoms with Gasteiger partial charge in [-0.1, -0.05) is 0 Å². The van der Waals surface area contributed by atoms with E-state index in [-0.39, 0.29) is 11.6 Å². The minimum atomic E-state index is 0.0636. The first kappa shape index (κ1) is 15.7. The van der Waals surface area contributed by atoms with E-state index < -0.39 is 0 Å². The minimum Gasteiger partial charge on any atom is -0.475 e. The molecular formula is C15H23BrN2O2. The van der Waals surface area contributed by atoms with Crippen molar-refractivity contribution in [2.45, 2.75) is 51.8 Å². The van der Waals surface area contributed by atoms with E-state index in [1.807, 2.05) is 0 Å². The van der Waals surface area contributed by atoms with Crippen molar-refractivity contribution in [3.8, 4) is 5.88 Å². The SMILES string of the molecule is CC(C)(C)NCc1cc(Br)cnc1OCC1CCCO1. The Balaban J connectivity index is 1.99. The van der Waals surface area contributed by atoms with Gasteiger partial charge in [0.15, 0.2) is 0 Å². The van der Waals surface area contributed by atoms with Gasteiger partial charge in [0.25, 0.3) is 0 Å². The van der Waals surface area contributed by atoms with Crippen LogP contribution in [0.3, 0.4) is 0 Å². The second-order valence-electron chi connectivity index (χ2n) is 6.17. The normalized spacial score (nSPS) is 19.3. The van der Waals surface area contributed by atoms with Gasteiger partial charge >= 0.3 is 0 Å². The van der Waals surface area contributed by atoms with Crippen molar-refractivity contribution in [2.75, 3.05) is 13.2 Å². The molecule has 2 rings (SSSR count). The topological polar surface area (TPSA) is 43.4 Å². The van der Waals surface area contributed by atoms with Crippen LogP contribution in [0, 0.1) is 0 Å². The highest BCUT2D eigenvalue weighted by atomic mass is 79.9. The quantitative estimate of drug-likeness (QED) is 0.891. The van der Waals surface area contributed by atoms with E-state index in [1.165, 1.54) is 0 Å². The predicted molar refractivity (Wildman–Crippen MR) is 83.0 cm³/mol. The highest BCUT2D eigenvalue weighted by molar-refractivity contribution is 9.10. The molecule has 0 radical (unpaired) electrons. The Hall–Kier alpha value is -0.650. The molecule has 1 aromatic rings. The summed E-state index contributed by atoms with van der Waals surface area (Å²) in [6.07, 6.45) is 4.18. The number of ether oxygens (including phenoxy) is 2. The van der Waals surface area contributed by atoms with Crippen LogP contribution in [0.2, 0.25) is 0 Å². The molecule has 1 unspecified atom stereocenters. The number of nitrogens with one attached hydrogen (secondary N) is 1. The fraction of sp³-hybridized carbons (Fsp3) is 0.667. The van der Waals surface area contributed by atoms with Gasteiger partial charge in [0.05, 0.1) is 6.10 Å². The Labute approximate surface area is 129 Å². The molecule has 0 saturated carbocycles. The summed E-state index contributed by atoms with van der Waals surface area (Å²) in [5.74, 6) is 0.695. The highest BCUT2D eigenvalue weighted by Crippen LogP contribution is 2.22. The molecule has 1 saturated heterocycles. The van der Waals surface area contributed by atoms with E-state index in [0.29, 0.717) is 12.5 Å². The van der Waals surface area contributed by atoms with Crippen LogP contribution in [-0.2, 0) is 11.3 Å². The van der Waals surface area contributed by atoms with Crippen LogP contribution >= 0.6 is 15.9 Å². The van der Waals surface area contributed by atoms with E-state index in [2.05, 4.69) is 53.1 Å². The number of hydrogen-bond acceptors (Lipinski definition) is 4. The van der Waals surface area contributed by atoms with Gasteiger partial charge in [-0.3, -0.25) is 0 Å². The molecule has 20 heavy (non-hydrogen) atoms. The van der Waals surface area contributed by atoms with Gasteiger partial charge in [-0.05, 0) is 55.6 Å². The number of hydrogen-bond donors (Lipinski definition) is 1. The van der Waals surface area contributed by atoms with Gasteiger partial charge in [-0.15, -0.1) is 0 Å². The largest absolute Gasteiger partial charge is 0.475 e. The predicted octanol–water partition coefficient (Wildman–Crippen LogP) is 3.29. The maximum Gasteiger partial charge on any atom is 0.217 e. The van der Waals surface area contributed by atoms with Gasteiger partial charge in [0, 0.05) is 34.9 Å². The molecule has 1 aliphatic heterocycles. The van der Waals surface area contributed by atoms with Crippen LogP contribution in [0.4, 0.5) is 0 Å². The summed E-state index contributed by atoms with van der Waals surface area (Å²) < 4.78 is 12.4. The number of aromatic nitrogens is 1. The van der Waals surface area contributed by atoms with Crippen LogP contribution in [0.25, 0.3) is 0 Å². The first-order valence-electron chi connectivity index (χ1n) is 7.08. The van der Waals surface area contributed by atoms with E-state index in [0.717, 1.165) is 36.0 Å². The molecule has 5 heteroatoms. The minimum absolute atomic E-state index is 0.0636. The molecule has 112 valence electrons. The molecule has 0 spiro atoms. The molecule has 1 aliphatic rings. The molecule has 0 bridgehead atoms. The van der Waals surface area contributed by atoms with Crippen molar-refractivity contribution in [1.82, 2.24) is 10.3 Å². The number of nitrogens with zero attached hydrogens (tertiary/aromatic N) is 1. The molecule has 0 amide bonds. The van der Waals surface area contributed by atoms with Crippen molar-refractivity contribution >= 4 is 15.9 Å². The zero-order valence-corrected chi connectivity index (χ0v) is 14.0. The summed E-state index contributed by atoms with van der Waals surface area (Å²) in [4.78, 5) is 4.38. The smallest absolute Gasteiger partial charge is 0.217 e. The van der Waals surface area contributed by atoms with Gasteiger partial charge in [-0.25, -0.2) is 4.98 Å². The number of rotatable bonds is 5. The summed E-state index contributed by atoms with van der Waals surface area (Å²) >= 11 is 3.46. The lowest BCUT2D eigenvalue weighted by Gasteiger charge is -2.21. The molecule has 1 aromatic heterocycles. The monoisotopic (exact) mass is 342 g/mol. The Bertz CT molecular complexity index is 440. The second-order valence-corrected chi connectivity index (χ2v) is 7.08. The van der Waals surface area contributed by atoms with Gasteiger partial charge in [0.1, 0.15) is 6.61 Å². The summed E-state index contributed by atoms with van der Waals surface area (Å²) in [6, 6.07) is 2.05. The third kappa shape index (κ3) is 5.04. The zero-order valence-electron chi connectivity index (χ0n) is 12.4. The van der Waals surface area contributed by atoms with Crippen LogP contribution in [0.1, 0.15) is 39.2 Å². The Morgan fingerprint density at radius 2 is 2.30 bits per heavy atom. The van der Waals surface area contributed by atoms with Crippen molar-refractivity contribution < 1.29 is 9.47 Å². The first-order valence-corrected chi connectivity index (χ1v) is 7.87. The number of pyridine rings is 1. The van der Waals surface area contributed by atoms with Crippen LogP contribution in [0.15, 0.2) is 16.7 Å². The molecule has 4 nitrogen and oxygen atoms in total. The molecular weight excluding hydrogens is 320 g/mol. The Kier molecular flexibility index (Phi) is 5.41.